The number of piperazine rings is 1. The average Bonchev–Trinajstić information content (AvgIpc) is 2.43. The largest absolute Gasteiger partial charge is 0.383 e. The van der Waals surface area contributed by atoms with Crippen LogP contribution in [0.2, 0.25) is 0 Å². The fourth-order valence-corrected chi connectivity index (χ4v) is 2.50. The molecule has 3 unspecified atom stereocenters. The first-order chi connectivity index (χ1) is 9.01. The summed E-state index contributed by atoms with van der Waals surface area (Å²) in [6.45, 7) is 10.2. The molecule has 1 amide bonds. The van der Waals surface area contributed by atoms with Crippen LogP contribution in [0.15, 0.2) is 0 Å². The first-order valence-corrected chi connectivity index (χ1v) is 7.28. The van der Waals surface area contributed by atoms with Crippen molar-refractivity contribution in [3.63, 3.8) is 0 Å². The van der Waals surface area contributed by atoms with E-state index in [2.05, 4.69) is 11.8 Å². The Morgan fingerprint density at radius 3 is 2.43 bits per heavy atom. The van der Waals surface area contributed by atoms with Gasteiger partial charge < -0.3 is 15.4 Å². The zero-order valence-electron chi connectivity index (χ0n) is 13.6. The van der Waals surface area contributed by atoms with Crippen LogP contribution in [0.1, 0.15) is 27.2 Å². The molecule has 1 fully saturated rings. The summed E-state index contributed by atoms with van der Waals surface area (Å²) < 4.78 is 5.14. The van der Waals surface area contributed by atoms with Gasteiger partial charge in [0.15, 0.2) is 0 Å². The van der Waals surface area contributed by atoms with Gasteiger partial charge in [-0.3, -0.25) is 9.69 Å². The number of carbonyl (C=O) groups excluding carboxylic acids is 1. The molecule has 2 N–H and O–H groups in total. The Morgan fingerprint density at radius 1 is 1.33 bits per heavy atom. The van der Waals surface area contributed by atoms with Crippen LogP contribution in [0.4, 0.5) is 0 Å². The molecule has 0 aliphatic carbocycles. The fourth-order valence-electron chi connectivity index (χ4n) is 2.50. The molecule has 1 saturated heterocycles. The van der Waals surface area contributed by atoms with Gasteiger partial charge in [-0.25, -0.2) is 0 Å². The fraction of sp³-hybridized carbons (Fsp3) is 0.929. The van der Waals surface area contributed by atoms with E-state index in [1.54, 1.807) is 7.11 Å². The Morgan fingerprint density at radius 2 is 1.95 bits per heavy atom. The summed E-state index contributed by atoms with van der Waals surface area (Å²) in [5.41, 5.74) is 5.83. The van der Waals surface area contributed by atoms with Gasteiger partial charge in [-0.2, -0.15) is 0 Å². The summed E-state index contributed by atoms with van der Waals surface area (Å²) in [6, 6.07) is 0.354. The third kappa shape index (κ3) is 6.70. The van der Waals surface area contributed by atoms with Gasteiger partial charge in [0.1, 0.15) is 0 Å². The minimum Gasteiger partial charge on any atom is -0.383 e. The van der Waals surface area contributed by atoms with E-state index in [4.69, 9.17) is 10.5 Å². The zero-order chi connectivity index (χ0) is 14.4. The van der Waals surface area contributed by atoms with Crippen molar-refractivity contribution in [2.45, 2.75) is 39.3 Å². The van der Waals surface area contributed by atoms with Crippen LogP contribution in [0.3, 0.4) is 0 Å². The summed E-state index contributed by atoms with van der Waals surface area (Å²) in [7, 11) is 1.73. The highest BCUT2D eigenvalue weighted by Crippen LogP contribution is 2.16. The van der Waals surface area contributed by atoms with Crippen molar-refractivity contribution in [1.29, 1.82) is 0 Å². The lowest BCUT2D eigenvalue weighted by Gasteiger charge is -2.42. The van der Waals surface area contributed by atoms with Crippen LogP contribution in [0.5, 0.6) is 0 Å². The first-order valence-electron chi connectivity index (χ1n) is 7.28. The molecule has 21 heavy (non-hydrogen) atoms. The van der Waals surface area contributed by atoms with Gasteiger partial charge in [-0.15, -0.1) is 24.8 Å². The predicted octanol–water partition coefficient (Wildman–Crippen LogP) is 1.38. The summed E-state index contributed by atoms with van der Waals surface area (Å²) >= 11 is 0. The Bertz CT molecular complexity index is 293. The van der Waals surface area contributed by atoms with E-state index in [1.165, 1.54) is 0 Å². The van der Waals surface area contributed by atoms with Crippen LogP contribution >= 0.6 is 24.8 Å². The molecule has 0 aromatic heterocycles. The van der Waals surface area contributed by atoms with Crippen molar-refractivity contribution in [2.75, 3.05) is 39.9 Å². The maximum atomic E-state index is 12.3. The maximum Gasteiger partial charge on any atom is 0.227 e. The summed E-state index contributed by atoms with van der Waals surface area (Å²) in [5, 5.41) is 0. The summed E-state index contributed by atoms with van der Waals surface area (Å²) in [4.78, 5) is 16.7. The Kier molecular flexibility index (Phi) is 12.7. The smallest absolute Gasteiger partial charge is 0.227 e. The number of hydrogen-bond acceptors (Lipinski definition) is 4. The van der Waals surface area contributed by atoms with Gasteiger partial charge in [0.05, 0.1) is 12.5 Å². The standard InChI is InChI=1S/C14H29N3O2.2ClH/c1-5-13-10-17(14(18)11(2)12(3)15)7-6-16(13)8-9-19-4;;/h11-13H,5-10,15H2,1-4H3;2*1H. The van der Waals surface area contributed by atoms with Crippen molar-refractivity contribution < 1.29 is 9.53 Å². The number of ether oxygens (including phenoxy) is 1. The van der Waals surface area contributed by atoms with Crippen LogP contribution in [0, 0.1) is 5.92 Å². The lowest BCUT2D eigenvalue weighted by atomic mass is 10.0. The number of amides is 1. The summed E-state index contributed by atoms with van der Waals surface area (Å²) in [6.07, 6.45) is 1.06. The van der Waals surface area contributed by atoms with Gasteiger partial charge in [0.2, 0.25) is 5.91 Å². The maximum absolute atomic E-state index is 12.3. The molecular formula is C14H31Cl2N3O2. The topological polar surface area (TPSA) is 58.8 Å². The molecule has 0 radical (unpaired) electrons. The quantitative estimate of drug-likeness (QED) is 0.791. The number of hydrogen-bond donors (Lipinski definition) is 1. The second-order valence-corrected chi connectivity index (χ2v) is 5.52. The minimum atomic E-state index is -0.0944. The molecule has 1 heterocycles. The van der Waals surface area contributed by atoms with E-state index >= 15 is 0 Å². The Balaban J connectivity index is 0. The van der Waals surface area contributed by atoms with Crippen LogP contribution in [-0.4, -0.2) is 67.7 Å². The van der Waals surface area contributed by atoms with Crippen molar-refractivity contribution in [2.24, 2.45) is 11.7 Å². The van der Waals surface area contributed by atoms with E-state index in [-0.39, 0.29) is 42.7 Å². The first kappa shape index (κ1) is 23.2. The minimum absolute atomic E-state index is 0. The van der Waals surface area contributed by atoms with Gasteiger partial charge >= 0.3 is 0 Å². The molecule has 0 bridgehead atoms. The number of nitrogens with zero attached hydrogens (tertiary/aromatic N) is 2. The number of rotatable bonds is 6. The second kappa shape index (κ2) is 11.5. The lowest BCUT2D eigenvalue weighted by molar-refractivity contribution is -0.138. The van der Waals surface area contributed by atoms with E-state index in [9.17, 15) is 4.79 Å². The zero-order valence-corrected chi connectivity index (χ0v) is 15.2. The van der Waals surface area contributed by atoms with Crippen molar-refractivity contribution >= 4 is 30.7 Å². The summed E-state index contributed by atoms with van der Waals surface area (Å²) in [5.74, 6) is 0.0999. The molecule has 0 aromatic carbocycles. The van der Waals surface area contributed by atoms with E-state index < -0.39 is 0 Å². The van der Waals surface area contributed by atoms with Gasteiger partial charge in [-0.05, 0) is 13.3 Å². The molecule has 1 aliphatic rings. The molecule has 0 spiro atoms. The van der Waals surface area contributed by atoms with E-state index in [0.29, 0.717) is 6.04 Å². The van der Waals surface area contributed by atoms with E-state index in [0.717, 1.165) is 39.2 Å². The molecule has 0 saturated carbocycles. The molecule has 128 valence electrons. The number of nitrogens with two attached hydrogens (primary N) is 1. The Hall–Kier alpha value is -0.0700. The number of halogens is 2. The highest BCUT2D eigenvalue weighted by Gasteiger charge is 2.31. The molecule has 1 aliphatic heterocycles. The van der Waals surface area contributed by atoms with Crippen molar-refractivity contribution in [3.8, 4) is 0 Å². The van der Waals surface area contributed by atoms with Gasteiger partial charge in [-0.1, -0.05) is 13.8 Å². The molecule has 5 nitrogen and oxygen atoms in total. The monoisotopic (exact) mass is 343 g/mol. The van der Waals surface area contributed by atoms with Crippen molar-refractivity contribution in [3.05, 3.63) is 0 Å². The van der Waals surface area contributed by atoms with Crippen LogP contribution < -0.4 is 5.73 Å². The number of methoxy groups -OCH3 is 1. The van der Waals surface area contributed by atoms with Crippen LogP contribution in [-0.2, 0) is 9.53 Å². The van der Waals surface area contributed by atoms with Gasteiger partial charge in [0, 0.05) is 45.4 Å². The highest BCUT2D eigenvalue weighted by molar-refractivity contribution is 5.85. The van der Waals surface area contributed by atoms with Gasteiger partial charge in [0.25, 0.3) is 0 Å². The third-order valence-electron chi connectivity index (χ3n) is 4.15. The van der Waals surface area contributed by atoms with Crippen molar-refractivity contribution in [1.82, 2.24) is 9.80 Å². The predicted molar refractivity (Wildman–Crippen MR) is 91.4 cm³/mol. The van der Waals surface area contributed by atoms with Crippen LogP contribution in [0.25, 0.3) is 0 Å². The molecule has 7 heteroatoms. The SMILES string of the molecule is CCC1CN(C(=O)C(C)C(C)N)CCN1CCOC.Cl.Cl. The van der Waals surface area contributed by atoms with E-state index in [1.807, 2.05) is 18.7 Å². The molecule has 0 aromatic rings. The molecule has 1 rings (SSSR count). The molecular weight excluding hydrogens is 313 g/mol. The highest BCUT2D eigenvalue weighted by atomic mass is 35.5. The Labute approximate surface area is 141 Å². The third-order valence-corrected chi connectivity index (χ3v) is 4.15. The lowest BCUT2D eigenvalue weighted by Crippen LogP contribution is -2.57. The average molecular weight is 344 g/mol. The molecule has 3 atom stereocenters. The second-order valence-electron chi connectivity index (χ2n) is 5.52. The normalized spacial score (nSPS) is 22.0. The number of carbonyl (C=O) groups is 1.